The first-order valence-corrected chi connectivity index (χ1v) is 16.5. The summed E-state index contributed by atoms with van der Waals surface area (Å²) in [4.78, 5) is 39.1. The summed E-state index contributed by atoms with van der Waals surface area (Å²) in [6, 6.07) is 12.6. The van der Waals surface area contributed by atoms with E-state index in [1.165, 1.54) is 0 Å². The maximum atomic E-state index is 16.6. The van der Waals surface area contributed by atoms with Crippen LogP contribution in [0.2, 0.25) is 0 Å². The number of piperazine rings is 1. The lowest BCUT2D eigenvalue weighted by atomic mass is 9.93. The average molecular weight is 703 g/mol. The molecule has 7 rings (SSSR count). The number of pyridine rings is 1. The predicted octanol–water partition coefficient (Wildman–Crippen LogP) is 5.66. The van der Waals surface area contributed by atoms with Crippen LogP contribution in [-0.4, -0.2) is 93.0 Å². The quantitative estimate of drug-likeness (QED) is 0.208. The van der Waals surface area contributed by atoms with Gasteiger partial charge >= 0.3 is 6.18 Å². The molecule has 1 N–H and O–H groups in total. The van der Waals surface area contributed by atoms with E-state index in [2.05, 4.69) is 20.3 Å². The summed E-state index contributed by atoms with van der Waals surface area (Å²) in [5.74, 6) is -0.250. The number of amides is 2. The molecule has 2 amide bonds. The molecule has 1 saturated heterocycles. The summed E-state index contributed by atoms with van der Waals surface area (Å²) >= 11 is 0. The van der Waals surface area contributed by atoms with E-state index in [0.29, 0.717) is 52.9 Å². The minimum Gasteiger partial charge on any atom is -0.496 e. The highest BCUT2D eigenvalue weighted by Crippen LogP contribution is 2.40. The van der Waals surface area contributed by atoms with Crippen LogP contribution < -0.4 is 9.64 Å². The van der Waals surface area contributed by atoms with Crippen molar-refractivity contribution in [2.75, 3.05) is 51.3 Å². The first-order valence-electron chi connectivity index (χ1n) is 16.5. The van der Waals surface area contributed by atoms with Gasteiger partial charge in [0.2, 0.25) is 5.91 Å². The molecule has 0 radical (unpaired) electrons. The van der Waals surface area contributed by atoms with Gasteiger partial charge in [0.25, 0.3) is 5.91 Å². The number of methoxy groups -OCH3 is 1. The van der Waals surface area contributed by atoms with Crippen molar-refractivity contribution >= 4 is 34.1 Å². The standard InChI is InChI=1S/C36H34F4N8O3/c1-51-30-7-3-2-6-25(30)27-20-26(23-5-4-12-47(22-23)32(49)9-13-48-14-11-42-44-48)33(37)34-28(27)21-29(43-34)35(50)46-17-15-45(16-18-46)31-19-24(8-10-41-31)36(38,39)40/h2-3,5-8,10-11,14,19-21,43H,4,9,12-13,15-18,22H2,1H3. The number of hydrogen-bond donors (Lipinski definition) is 1. The Hall–Kier alpha value is -5.73. The zero-order chi connectivity index (χ0) is 35.7. The highest BCUT2D eigenvalue weighted by molar-refractivity contribution is 6.05. The van der Waals surface area contributed by atoms with Crippen LogP contribution in [-0.2, 0) is 17.5 Å². The Morgan fingerprint density at radius 2 is 1.75 bits per heavy atom. The van der Waals surface area contributed by atoms with Gasteiger partial charge in [-0.3, -0.25) is 14.3 Å². The second kappa shape index (κ2) is 13.9. The zero-order valence-corrected chi connectivity index (χ0v) is 27.7. The number of ether oxygens (including phenoxy) is 1. The van der Waals surface area contributed by atoms with Crippen molar-refractivity contribution in [3.63, 3.8) is 0 Å². The number of aromatic nitrogens is 5. The number of aryl methyl sites for hydroxylation is 1. The largest absolute Gasteiger partial charge is 0.496 e. The van der Waals surface area contributed by atoms with Gasteiger partial charge in [-0.05, 0) is 47.9 Å². The van der Waals surface area contributed by atoms with E-state index < -0.39 is 17.6 Å². The van der Waals surface area contributed by atoms with Crippen LogP contribution in [0.5, 0.6) is 5.75 Å². The number of hydrogen-bond acceptors (Lipinski definition) is 7. The Kier molecular flexibility index (Phi) is 9.19. The number of fused-ring (bicyclic) bond motifs is 1. The third-order valence-electron chi connectivity index (χ3n) is 9.32. The molecule has 2 aliphatic heterocycles. The molecule has 51 heavy (non-hydrogen) atoms. The van der Waals surface area contributed by atoms with Gasteiger partial charge in [-0.2, -0.15) is 13.2 Å². The number of H-pyrrole nitrogens is 1. The maximum Gasteiger partial charge on any atom is 0.416 e. The first-order chi connectivity index (χ1) is 24.6. The van der Waals surface area contributed by atoms with Gasteiger partial charge in [0, 0.05) is 74.6 Å². The Morgan fingerprint density at radius 1 is 0.941 bits per heavy atom. The molecule has 264 valence electrons. The Bertz CT molecular complexity index is 2100. The lowest BCUT2D eigenvalue weighted by Crippen LogP contribution is -2.49. The summed E-state index contributed by atoms with van der Waals surface area (Å²) in [6.07, 6.45) is 2.57. The monoisotopic (exact) mass is 702 g/mol. The Balaban J connectivity index is 1.17. The van der Waals surface area contributed by atoms with Crippen molar-refractivity contribution in [3.8, 4) is 16.9 Å². The number of benzene rings is 2. The molecule has 11 nitrogen and oxygen atoms in total. The van der Waals surface area contributed by atoms with Crippen molar-refractivity contribution in [1.82, 2.24) is 34.8 Å². The van der Waals surface area contributed by atoms with E-state index in [1.807, 2.05) is 24.3 Å². The normalized spacial score (nSPS) is 15.3. The molecule has 0 atom stereocenters. The van der Waals surface area contributed by atoms with Gasteiger partial charge in [-0.15, -0.1) is 5.10 Å². The van der Waals surface area contributed by atoms with E-state index >= 15 is 4.39 Å². The number of carbonyl (C=O) groups excluding carboxylic acids is 2. The molecule has 5 aromatic rings. The third kappa shape index (κ3) is 6.87. The van der Waals surface area contributed by atoms with Gasteiger partial charge < -0.3 is 24.4 Å². The molecule has 0 spiro atoms. The summed E-state index contributed by atoms with van der Waals surface area (Å²) in [5, 5.41) is 8.17. The molecule has 0 saturated carbocycles. The van der Waals surface area contributed by atoms with E-state index in [9.17, 15) is 22.8 Å². The topological polar surface area (TPSA) is 112 Å². The molecule has 2 aromatic carbocycles. The minimum atomic E-state index is -4.49. The van der Waals surface area contributed by atoms with Crippen LogP contribution in [0.15, 0.2) is 73.2 Å². The minimum absolute atomic E-state index is 0.0840. The van der Waals surface area contributed by atoms with Crippen LogP contribution in [0, 0.1) is 5.82 Å². The lowest BCUT2D eigenvalue weighted by molar-refractivity contribution is -0.137. The highest BCUT2D eigenvalue weighted by atomic mass is 19.4. The summed E-state index contributed by atoms with van der Waals surface area (Å²) in [6.45, 7) is 2.09. The van der Waals surface area contributed by atoms with Gasteiger partial charge in [-0.1, -0.05) is 29.5 Å². The number of halogens is 4. The van der Waals surface area contributed by atoms with Gasteiger partial charge in [0.05, 0.1) is 30.9 Å². The van der Waals surface area contributed by atoms with E-state index in [4.69, 9.17) is 4.74 Å². The second-order valence-corrected chi connectivity index (χ2v) is 12.4. The van der Waals surface area contributed by atoms with Crippen molar-refractivity contribution in [2.45, 2.75) is 25.6 Å². The van der Waals surface area contributed by atoms with Crippen molar-refractivity contribution < 1.29 is 31.9 Å². The number of rotatable bonds is 8. The molecule has 1 fully saturated rings. The van der Waals surface area contributed by atoms with E-state index in [0.717, 1.165) is 18.3 Å². The average Bonchev–Trinajstić information content (AvgIpc) is 3.85. The molecule has 0 unspecified atom stereocenters. The third-order valence-corrected chi connectivity index (χ3v) is 9.32. The van der Waals surface area contributed by atoms with Crippen molar-refractivity contribution in [1.29, 1.82) is 0 Å². The fraction of sp³-hybridized carbons (Fsp3) is 0.306. The molecule has 2 aliphatic rings. The lowest BCUT2D eigenvalue weighted by Gasteiger charge is -2.35. The SMILES string of the molecule is COc1ccccc1-c1cc(C2=CCCN(C(=O)CCn3ccnn3)C2)c(F)c2[nH]c(C(=O)N3CCN(c4cc(C(F)(F)F)ccn4)CC3)cc12. The van der Waals surface area contributed by atoms with Crippen LogP contribution in [0.4, 0.5) is 23.4 Å². The molecule has 5 heterocycles. The summed E-state index contributed by atoms with van der Waals surface area (Å²) < 4.78 is 63.7. The predicted molar refractivity (Wildman–Crippen MR) is 181 cm³/mol. The molecular formula is C36H34F4N8O3. The highest BCUT2D eigenvalue weighted by Gasteiger charge is 2.32. The smallest absolute Gasteiger partial charge is 0.416 e. The number of carbonyl (C=O) groups is 2. The molecule has 3 aromatic heterocycles. The number of aromatic amines is 1. The number of alkyl halides is 3. The van der Waals surface area contributed by atoms with Gasteiger partial charge in [-0.25, -0.2) is 9.37 Å². The zero-order valence-electron chi connectivity index (χ0n) is 27.7. The Labute approximate surface area is 290 Å². The second-order valence-electron chi connectivity index (χ2n) is 12.4. The van der Waals surface area contributed by atoms with Gasteiger partial charge in [0.1, 0.15) is 17.3 Å². The number of anilines is 1. The molecule has 15 heteroatoms. The van der Waals surface area contributed by atoms with Crippen molar-refractivity contribution in [3.05, 3.63) is 95.8 Å². The van der Waals surface area contributed by atoms with Crippen molar-refractivity contribution in [2.24, 2.45) is 0 Å². The summed E-state index contributed by atoms with van der Waals surface area (Å²) in [5.41, 5.74) is 1.81. The molecule has 0 bridgehead atoms. The maximum absolute atomic E-state index is 16.6. The van der Waals surface area contributed by atoms with E-state index in [-0.39, 0.29) is 68.0 Å². The molecule has 0 aliphatic carbocycles. The number of nitrogens with zero attached hydrogens (tertiary/aromatic N) is 7. The number of nitrogens with one attached hydrogen (secondary N) is 1. The summed E-state index contributed by atoms with van der Waals surface area (Å²) in [7, 11) is 1.55. The molecular weight excluding hydrogens is 668 g/mol. The first kappa shape index (κ1) is 33.8. The number of para-hydroxylation sites is 1. The fourth-order valence-corrected chi connectivity index (χ4v) is 6.65. The van der Waals surface area contributed by atoms with Crippen LogP contribution >= 0.6 is 0 Å². The van der Waals surface area contributed by atoms with E-state index in [1.54, 1.807) is 57.1 Å². The van der Waals surface area contributed by atoms with Crippen LogP contribution in [0.25, 0.3) is 27.6 Å². The van der Waals surface area contributed by atoms with Crippen LogP contribution in [0.3, 0.4) is 0 Å². The fourth-order valence-electron chi connectivity index (χ4n) is 6.65. The van der Waals surface area contributed by atoms with Gasteiger partial charge in [0.15, 0.2) is 5.82 Å². The Morgan fingerprint density at radius 3 is 2.49 bits per heavy atom. The van der Waals surface area contributed by atoms with Crippen LogP contribution in [0.1, 0.15) is 34.5 Å².